The van der Waals surface area contributed by atoms with Gasteiger partial charge in [-0.15, -0.1) is 0 Å². The van der Waals surface area contributed by atoms with Gasteiger partial charge in [-0.3, -0.25) is 0 Å². The smallest absolute Gasteiger partial charge is 0.176 e. The van der Waals surface area contributed by atoms with Crippen molar-refractivity contribution in [3.63, 3.8) is 0 Å². The van der Waals surface area contributed by atoms with Crippen LogP contribution in [0.3, 0.4) is 0 Å². The average Bonchev–Trinajstić information content (AvgIpc) is 2.31. The first-order chi connectivity index (χ1) is 7.93. The number of hydrogen-bond acceptors (Lipinski definition) is 2. The molecule has 2 heteroatoms. The van der Waals surface area contributed by atoms with Crippen LogP contribution in [0.25, 0.3) is 0 Å². The molecule has 16 heavy (non-hydrogen) atoms. The summed E-state index contributed by atoms with van der Waals surface area (Å²) in [6.07, 6.45) is 18.2. The number of rotatable bonds is 1. The van der Waals surface area contributed by atoms with Crippen molar-refractivity contribution in [2.24, 2.45) is 0 Å². The Kier molecular flexibility index (Phi) is 7.94. The van der Waals surface area contributed by atoms with Crippen LogP contribution in [-0.2, 0) is 0 Å². The van der Waals surface area contributed by atoms with Crippen molar-refractivity contribution in [2.75, 3.05) is 0 Å². The van der Waals surface area contributed by atoms with Crippen molar-refractivity contribution >= 4 is 0 Å². The van der Waals surface area contributed by atoms with Crippen molar-refractivity contribution in [1.29, 1.82) is 5.26 Å². The maximum absolute atomic E-state index is 8.69. The molecule has 0 radical (unpaired) electrons. The number of nitrogens with one attached hydrogen (secondary N) is 1. The molecule has 0 aromatic rings. The molecule has 0 amide bonds. The van der Waals surface area contributed by atoms with E-state index in [4.69, 9.17) is 5.26 Å². The summed E-state index contributed by atoms with van der Waals surface area (Å²) < 4.78 is 0. The van der Waals surface area contributed by atoms with E-state index in [9.17, 15) is 0 Å². The van der Waals surface area contributed by atoms with E-state index in [1.165, 1.54) is 77.0 Å². The third-order valence-electron chi connectivity index (χ3n) is 3.62. The Morgan fingerprint density at radius 1 is 0.688 bits per heavy atom. The van der Waals surface area contributed by atoms with Crippen LogP contribution in [0.5, 0.6) is 0 Å². The Morgan fingerprint density at radius 2 is 1.06 bits per heavy atom. The average molecular weight is 222 g/mol. The van der Waals surface area contributed by atoms with Gasteiger partial charge in [0.25, 0.3) is 0 Å². The summed E-state index contributed by atoms with van der Waals surface area (Å²) in [5, 5.41) is 11.6. The maximum Gasteiger partial charge on any atom is 0.176 e. The van der Waals surface area contributed by atoms with Crippen molar-refractivity contribution in [3.05, 3.63) is 0 Å². The molecule has 1 saturated carbocycles. The first-order valence-corrected chi connectivity index (χ1v) is 7.08. The zero-order valence-electron chi connectivity index (χ0n) is 10.5. The van der Waals surface area contributed by atoms with E-state index < -0.39 is 0 Å². The van der Waals surface area contributed by atoms with Gasteiger partial charge in [0.15, 0.2) is 6.19 Å². The van der Waals surface area contributed by atoms with Crippen molar-refractivity contribution in [3.8, 4) is 6.19 Å². The van der Waals surface area contributed by atoms with Crippen LogP contribution >= 0.6 is 0 Å². The van der Waals surface area contributed by atoms with Crippen LogP contribution in [0.4, 0.5) is 0 Å². The second-order valence-corrected chi connectivity index (χ2v) is 5.07. The quantitative estimate of drug-likeness (QED) is 0.535. The molecule has 1 N–H and O–H groups in total. The molecule has 0 heterocycles. The van der Waals surface area contributed by atoms with Gasteiger partial charge in [-0.2, -0.15) is 5.26 Å². The minimum absolute atomic E-state index is 0.450. The van der Waals surface area contributed by atoms with E-state index in [1.807, 2.05) is 0 Å². The maximum atomic E-state index is 8.69. The number of hydrogen-bond donors (Lipinski definition) is 1. The summed E-state index contributed by atoms with van der Waals surface area (Å²) in [5.41, 5.74) is 0. The summed E-state index contributed by atoms with van der Waals surface area (Å²) in [6, 6.07) is 0.450. The lowest BCUT2D eigenvalue weighted by Crippen LogP contribution is -2.24. The summed E-state index contributed by atoms with van der Waals surface area (Å²) >= 11 is 0. The van der Waals surface area contributed by atoms with Gasteiger partial charge in [0.2, 0.25) is 0 Å². The van der Waals surface area contributed by atoms with Crippen LogP contribution in [0.1, 0.15) is 77.0 Å². The van der Waals surface area contributed by atoms with Gasteiger partial charge in [-0.1, -0.05) is 64.2 Å². The highest BCUT2D eigenvalue weighted by Gasteiger charge is 2.07. The molecule has 0 atom stereocenters. The van der Waals surface area contributed by atoms with Crippen LogP contribution in [0.2, 0.25) is 0 Å². The molecule has 2 nitrogen and oxygen atoms in total. The van der Waals surface area contributed by atoms with E-state index in [2.05, 4.69) is 11.5 Å². The van der Waals surface area contributed by atoms with Crippen molar-refractivity contribution < 1.29 is 0 Å². The summed E-state index contributed by atoms with van der Waals surface area (Å²) in [7, 11) is 0. The Bertz CT molecular complexity index is 181. The molecule has 0 spiro atoms. The molecule has 1 aliphatic carbocycles. The fraction of sp³-hybridized carbons (Fsp3) is 0.929. The highest BCUT2D eigenvalue weighted by atomic mass is 14.9. The van der Waals surface area contributed by atoms with Crippen LogP contribution < -0.4 is 5.32 Å². The number of nitrogens with zero attached hydrogens (tertiary/aromatic N) is 1. The Labute approximate surface area is 100 Å². The van der Waals surface area contributed by atoms with Crippen LogP contribution in [0.15, 0.2) is 0 Å². The van der Waals surface area contributed by atoms with Crippen molar-refractivity contribution in [2.45, 2.75) is 83.1 Å². The van der Waals surface area contributed by atoms with E-state index in [0.29, 0.717) is 6.04 Å². The highest BCUT2D eigenvalue weighted by molar-refractivity contribution is 4.76. The van der Waals surface area contributed by atoms with Crippen molar-refractivity contribution in [1.82, 2.24) is 5.32 Å². The van der Waals surface area contributed by atoms with Crippen LogP contribution in [0, 0.1) is 11.5 Å². The third kappa shape index (κ3) is 6.71. The zero-order chi connectivity index (χ0) is 11.5. The molecule has 0 bridgehead atoms. The molecular formula is C14H26N2. The predicted octanol–water partition coefficient (Wildman–Crippen LogP) is 4.12. The van der Waals surface area contributed by atoms with Gasteiger partial charge in [-0.05, 0) is 12.8 Å². The first kappa shape index (κ1) is 13.4. The van der Waals surface area contributed by atoms with E-state index >= 15 is 0 Å². The monoisotopic (exact) mass is 222 g/mol. The summed E-state index contributed by atoms with van der Waals surface area (Å²) in [6.45, 7) is 0. The first-order valence-electron chi connectivity index (χ1n) is 7.08. The van der Waals surface area contributed by atoms with Gasteiger partial charge in [0.05, 0.1) is 0 Å². The highest BCUT2D eigenvalue weighted by Crippen LogP contribution is 2.16. The van der Waals surface area contributed by atoms with Gasteiger partial charge in [0.1, 0.15) is 0 Å². The Hall–Kier alpha value is -0.710. The molecule has 0 aliphatic heterocycles. The third-order valence-corrected chi connectivity index (χ3v) is 3.62. The molecule has 0 unspecified atom stereocenters. The number of nitriles is 1. The second kappa shape index (κ2) is 9.51. The lowest BCUT2D eigenvalue weighted by molar-refractivity contribution is 0.459. The molecular weight excluding hydrogens is 196 g/mol. The van der Waals surface area contributed by atoms with E-state index in [0.717, 1.165) is 0 Å². The lowest BCUT2D eigenvalue weighted by atomic mass is 10.0. The van der Waals surface area contributed by atoms with Gasteiger partial charge in [-0.25, -0.2) is 0 Å². The molecule has 0 saturated heterocycles. The minimum Gasteiger partial charge on any atom is -0.321 e. The zero-order valence-corrected chi connectivity index (χ0v) is 10.5. The molecule has 1 rings (SSSR count). The van der Waals surface area contributed by atoms with Gasteiger partial charge >= 0.3 is 0 Å². The molecule has 0 aromatic carbocycles. The molecule has 1 fully saturated rings. The lowest BCUT2D eigenvalue weighted by Gasteiger charge is -2.14. The predicted molar refractivity (Wildman–Crippen MR) is 67.9 cm³/mol. The second-order valence-electron chi connectivity index (χ2n) is 5.07. The molecule has 1 aliphatic rings. The Balaban J connectivity index is 2.23. The molecule has 0 aromatic heterocycles. The van der Waals surface area contributed by atoms with Gasteiger partial charge in [0, 0.05) is 6.04 Å². The minimum atomic E-state index is 0.450. The van der Waals surface area contributed by atoms with E-state index in [-0.39, 0.29) is 0 Å². The SMILES string of the molecule is N#CNC1CCCCCCCCCCCC1. The van der Waals surface area contributed by atoms with E-state index in [1.54, 1.807) is 0 Å². The topological polar surface area (TPSA) is 35.8 Å². The molecule has 92 valence electrons. The largest absolute Gasteiger partial charge is 0.321 e. The van der Waals surface area contributed by atoms with Crippen LogP contribution in [-0.4, -0.2) is 6.04 Å². The van der Waals surface area contributed by atoms with Gasteiger partial charge < -0.3 is 5.32 Å². The fourth-order valence-electron chi connectivity index (χ4n) is 2.58. The standard InChI is InChI=1S/C14H26N2/c15-13-16-14-11-9-7-5-3-1-2-4-6-8-10-12-14/h14,16H,1-12H2. The summed E-state index contributed by atoms with van der Waals surface area (Å²) in [4.78, 5) is 0. The fourth-order valence-corrected chi connectivity index (χ4v) is 2.58. The summed E-state index contributed by atoms with van der Waals surface area (Å²) in [5.74, 6) is 0. The normalized spacial score (nSPS) is 22.2. The Morgan fingerprint density at radius 3 is 1.44 bits per heavy atom.